The highest BCUT2D eigenvalue weighted by Gasteiger charge is 2.21. The van der Waals surface area contributed by atoms with Gasteiger partial charge in [0.15, 0.2) is 0 Å². The molecular weight excluding hydrogens is 208 g/mol. The fourth-order valence-corrected chi connectivity index (χ4v) is 3.15. The van der Waals surface area contributed by atoms with E-state index in [1.54, 1.807) is 0 Å². The number of hydrogen-bond donors (Lipinski definition) is 1. The number of rotatable bonds is 2. The second kappa shape index (κ2) is 4.69. The maximum Gasteiger partial charge on any atom is 0.0419 e. The first-order valence-electron chi connectivity index (χ1n) is 6.93. The monoisotopic (exact) mass is 230 g/mol. The van der Waals surface area contributed by atoms with Crippen LogP contribution < -0.4 is 5.32 Å². The van der Waals surface area contributed by atoms with Crippen LogP contribution in [0.4, 0.5) is 5.69 Å². The molecule has 1 unspecified atom stereocenters. The van der Waals surface area contributed by atoms with Gasteiger partial charge >= 0.3 is 0 Å². The van der Waals surface area contributed by atoms with Gasteiger partial charge in [0.25, 0.3) is 0 Å². The number of fused-ring (bicyclic) bond motifs is 1. The number of benzene rings is 1. The van der Waals surface area contributed by atoms with E-state index in [0.29, 0.717) is 0 Å². The van der Waals surface area contributed by atoms with Crippen LogP contribution in [0.1, 0.15) is 37.3 Å². The molecule has 0 aliphatic carbocycles. The molecule has 1 aromatic carbocycles. The quantitative estimate of drug-likeness (QED) is 0.840. The molecule has 1 fully saturated rings. The fraction of sp³-hybridized carbons (Fsp3) is 0.600. The lowest BCUT2D eigenvalue weighted by Gasteiger charge is -2.33. The molecule has 2 nitrogen and oxygen atoms in total. The van der Waals surface area contributed by atoms with Crippen molar-refractivity contribution in [2.24, 2.45) is 0 Å². The number of anilines is 1. The normalized spacial score (nSPS) is 24.4. The van der Waals surface area contributed by atoms with Crippen molar-refractivity contribution < 1.29 is 0 Å². The van der Waals surface area contributed by atoms with Crippen LogP contribution in [0, 0.1) is 0 Å². The average Bonchev–Trinajstić information content (AvgIpc) is 2.81. The highest BCUT2D eigenvalue weighted by molar-refractivity contribution is 5.61. The van der Waals surface area contributed by atoms with Crippen LogP contribution in [0.3, 0.4) is 0 Å². The van der Waals surface area contributed by atoms with Crippen LogP contribution in [0.2, 0.25) is 0 Å². The predicted octanol–water partition coefficient (Wildman–Crippen LogP) is 3.03. The Morgan fingerprint density at radius 1 is 1.35 bits per heavy atom. The number of para-hydroxylation sites is 1. The molecule has 92 valence electrons. The standard InChI is InChI=1S/C15H22N2/c1-12-5-2-3-10-17(12)11-14-7-4-6-13-8-9-16-15(13)14/h4,6-7,12,16H,2-3,5,8-11H2,1H3. The Morgan fingerprint density at radius 3 is 3.18 bits per heavy atom. The third kappa shape index (κ3) is 2.19. The van der Waals surface area contributed by atoms with Crippen LogP contribution in [-0.2, 0) is 13.0 Å². The summed E-state index contributed by atoms with van der Waals surface area (Å²) in [4.78, 5) is 2.64. The van der Waals surface area contributed by atoms with Gasteiger partial charge in [0.05, 0.1) is 0 Å². The smallest absolute Gasteiger partial charge is 0.0419 e. The number of likely N-dealkylation sites (tertiary alicyclic amines) is 1. The second-order valence-corrected chi connectivity index (χ2v) is 5.44. The average molecular weight is 230 g/mol. The van der Waals surface area contributed by atoms with Crippen LogP contribution in [0.25, 0.3) is 0 Å². The molecule has 0 saturated carbocycles. The Hall–Kier alpha value is -1.02. The minimum absolute atomic E-state index is 0.751. The van der Waals surface area contributed by atoms with Gasteiger partial charge < -0.3 is 5.32 Å². The zero-order valence-corrected chi connectivity index (χ0v) is 10.7. The first-order chi connectivity index (χ1) is 8.34. The van der Waals surface area contributed by atoms with Gasteiger partial charge in [-0.1, -0.05) is 24.6 Å². The largest absolute Gasteiger partial charge is 0.384 e. The van der Waals surface area contributed by atoms with E-state index in [4.69, 9.17) is 0 Å². The van der Waals surface area contributed by atoms with E-state index in [9.17, 15) is 0 Å². The highest BCUT2D eigenvalue weighted by Crippen LogP contribution is 2.29. The summed E-state index contributed by atoms with van der Waals surface area (Å²) in [5, 5.41) is 3.55. The van der Waals surface area contributed by atoms with Gasteiger partial charge in [-0.2, -0.15) is 0 Å². The Balaban J connectivity index is 1.78. The Kier molecular flexibility index (Phi) is 3.06. The van der Waals surface area contributed by atoms with Crippen LogP contribution in [-0.4, -0.2) is 24.0 Å². The van der Waals surface area contributed by atoms with Crippen molar-refractivity contribution in [2.75, 3.05) is 18.4 Å². The lowest BCUT2D eigenvalue weighted by atomic mass is 10.0. The lowest BCUT2D eigenvalue weighted by molar-refractivity contribution is 0.153. The zero-order chi connectivity index (χ0) is 11.7. The Bertz CT molecular complexity index is 400. The molecule has 17 heavy (non-hydrogen) atoms. The van der Waals surface area contributed by atoms with Crippen LogP contribution >= 0.6 is 0 Å². The summed E-state index contributed by atoms with van der Waals surface area (Å²) in [5.41, 5.74) is 4.42. The minimum Gasteiger partial charge on any atom is -0.384 e. The van der Waals surface area contributed by atoms with E-state index in [2.05, 4.69) is 35.3 Å². The number of nitrogens with zero attached hydrogens (tertiary/aromatic N) is 1. The summed E-state index contributed by atoms with van der Waals surface area (Å²) in [5.74, 6) is 0. The molecule has 2 heterocycles. The summed E-state index contributed by atoms with van der Waals surface area (Å²) in [7, 11) is 0. The molecule has 0 bridgehead atoms. The molecule has 3 rings (SSSR count). The van der Waals surface area contributed by atoms with Crippen LogP contribution in [0.5, 0.6) is 0 Å². The van der Waals surface area contributed by atoms with Gasteiger partial charge in [-0.05, 0) is 43.9 Å². The zero-order valence-electron chi connectivity index (χ0n) is 10.7. The number of piperidine rings is 1. The topological polar surface area (TPSA) is 15.3 Å². The second-order valence-electron chi connectivity index (χ2n) is 5.44. The molecule has 0 aromatic heterocycles. The molecular formula is C15H22N2. The molecule has 1 aromatic rings. The van der Waals surface area contributed by atoms with E-state index in [-0.39, 0.29) is 0 Å². The summed E-state index contributed by atoms with van der Waals surface area (Å²) in [6, 6.07) is 7.52. The fourth-order valence-electron chi connectivity index (χ4n) is 3.15. The molecule has 0 amide bonds. The van der Waals surface area contributed by atoms with Gasteiger partial charge in [0.1, 0.15) is 0 Å². The molecule has 2 aliphatic rings. The van der Waals surface area contributed by atoms with Crippen molar-refractivity contribution in [3.05, 3.63) is 29.3 Å². The minimum atomic E-state index is 0.751. The van der Waals surface area contributed by atoms with Gasteiger partial charge in [0, 0.05) is 24.8 Å². The summed E-state index contributed by atoms with van der Waals surface area (Å²) in [6.45, 7) is 5.87. The first-order valence-corrected chi connectivity index (χ1v) is 6.93. The maximum absolute atomic E-state index is 3.55. The van der Waals surface area contributed by atoms with Gasteiger partial charge in [-0.25, -0.2) is 0 Å². The molecule has 0 spiro atoms. The van der Waals surface area contributed by atoms with E-state index in [1.807, 2.05) is 0 Å². The summed E-state index contributed by atoms with van der Waals surface area (Å²) >= 11 is 0. The van der Waals surface area contributed by atoms with E-state index in [0.717, 1.165) is 19.1 Å². The van der Waals surface area contributed by atoms with Crippen LogP contribution in [0.15, 0.2) is 18.2 Å². The molecule has 1 saturated heterocycles. The number of hydrogen-bond acceptors (Lipinski definition) is 2. The summed E-state index contributed by atoms with van der Waals surface area (Å²) in [6.07, 6.45) is 5.33. The summed E-state index contributed by atoms with van der Waals surface area (Å²) < 4.78 is 0. The molecule has 2 aliphatic heterocycles. The molecule has 1 atom stereocenters. The number of nitrogens with one attached hydrogen (secondary N) is 1. The maximum atomic E-state index is 3.55. The lowest BCUT2D eigenvalue weighted by Crippen LogP contribution is -2.36. The van der Waals surface area contributed by atoms with Crippen molar-refractivity contribution in [3.63, 3.8) is 0 Å². The van der Waals surface area contributed by atoms with Gasteiger partial charge in [-0.3, -0.25) is 4.90 Å². The molecule has 0 radical (unpaired) electrons. The van der Waals surface area contributed by atoms with Gasteiger partial charge in [0.2, 0.25) is 0 Å². The van der Waals surface area contributed by atoms with Crippen molar-refractivity contribution in [1.29, 1.82) is 0 Å². The van der Waals surface area contributed by atoms with Gasteiger partial charge in [-0.15, -0.1) is 0 Å². The van der Waals surface area contributed by atoms with Crippen molar-refractivity contribution in [3.8, 4) is 0 Å². The Labute approximate surface area is 104 Å². The van der Waals surface area contributed by atoms with Crippen molar-refractivity contribution >= 4 is 5.69 Å². The highest BCUT2D eigenvalue weighted by atomic mass is 15.2. The third-order valence-corrected chi connectivity index (χ3v) is 4.25. The van der Waals surface area contributed by atoms with E-state index < -0.39 is 0 Å². The SMILES string of the molecule is CC1CCCCN1Cc1cccc2c1NCC2. The third-order valence-electron chi connectivity index (χ3n) is 4.25. The van der Waals surface area contributed by atoms with Crippen molar-refractivity contribution in [1.82, 2.24) is 4.90 Å². The van der Waals surface area contributed by atoms with E-state index >= 15 is 0 Å². The Morgan fingerprint density at radius 2 is 2.29 bits per heavy atom. The molecule has 2 heteroatoms. The van der Waals surface area contributed by atoms with E-state index in [1.165, 1.54) is 49.0 Å². The first kappa shape index (κ1) is 11.1. The molecule has 1 N–H and O–H groups in total. The predicted molar refractivity (Wildman–Crippen MR) is 72.4 cm³/mol. The van der Waals surface area contributed by atoms with Crippen molar-refractivity contribution in [2.45, 2.75) is 45.2 Å².